The largest absolute Gasteiger partial charge is 0.497 e. The number of fused-ring (bicyclic) bond motifs is 1. The Morgan fingerprint density at radius 3 is 2.78 bits per heavy atom. The number of anilines is 1. The Hall–Kier alpha value is -2.49. The van der Waals surface area contributed by atoms with Crippen molar-refractivity contribution in [3.63, 3.8) is 0 Å². The predicted octanol–water partition coefficient (Wildman–Crippen LogP) is 2.82. The molecule has 0 unspecified atom stereocenters. The molecule has 4 heteroatoms. The van der Waals surface area contributed by atoms with E-state index in [1.807, 2.05) is 24.3 Å². The number of nitrogens with zero attached hydrogens (tertiary/aromatic N) is 1. The number of methoxy groups -OCH3 is 1. The maximum atomic E-state index is 5.58. The number of rotatable bonds is 2. The van der Waals surface area contributed by atoms with E-state index in [9.17, 15) is 0 Å². The summed E-state index contributed by atoms with van der Waals surface area (Å²) in [5.41, 5.74) is 8.68. The molecule has 0 radical (unpaired) electrons. The molecule has 0 aliphatic heterocycles. The van der Waals surface area contributed by atoms with Crippen molar-refractivity contribution in [3.8, 4) is 17.0 Å². The van der Waals surface area contributed by atoms with Gasteiger partial charge in [-0.25, -0.2) is 4.98 Å². The van der Waals surface area contributed by atoms with Gasteiger partial charge in [0.2, 0.25) is 0 Å². The molecule has 3 aromatic rings. The van der Waals surface area contributed by atoms with Crippen molar-refractivity contribution in [2.24, 2.45) is 0 Å². The summed E-state index contributed by atoms with van der Waals surface area (Å²) in [6, 6.07) is 11.8. The minimum atomic E-state index is 0.525. The number of nitrogens with two attached hydrogens (primary N) is 1. The molecule has 3 rings (SSSR count). The molecule has 4 nitrogen and oxygen atoms in total. The van der Waals surface area contributed by atoms with Crippen LogP contribution >= 0.6 is 0 Å². The van der Waals surface area contributed by atoms with Crippen LogP contribution in [-0.2, 0) is 0 Å². The van der Waals surface area contributed by atoms with Gasteiger partial charge >= 0.3 is 0 Å². The summed E-state index contributed by atoms with van der Waals surface area (Å²) in [4.78, 5) is 7.44. The van der Waals surface area contributed by atoms with E-state index in [-0.39, 0.29) is 0 Å². The molecule has 0 fully saturated rings. The van der Waals surface area contributed by atoms with Gasteiger partial charge in [-0.15, -0.1) is 0 Å². The summed E-state index contributed by atoms with van der Waals surface area (Å²) < 4.78 is 5.21. The van der Waals surface area contributed by atoms with Gasteiger partial charge in [0.1, 0.15) is 11.6 Å². The summed E-state index contributed by atoms with van der Waals surface area (Å²) in [7, 11) is 1.67. The molecule has 2 aromatic heterocycles. The Morgan fingerprint density at radius 1 is 1.17 bits per heavy atom. The average Bonchev–Trinajstić information content (AvgIpc) is 2.82. The molecule has 0 aliphatic carbocycles. The maximum absolute atomic E-state index is 5.58. The number of pyridine rings is 1. The SMILES string of the molecule is COc1ccc2[nH]c(-c3ccc(N)nc3)cc2c1. The van der Waals surface area contributed by atoms with Gasteiger partial charge in [-0.3, -0.25) is 0 Å². The topological polar surface area (TPSA) is 63.9 Å². The lowest BCUT2D eigenvalue weighted by molar-refractivity contribution is 0.415. The van der Waals surface area contributed by atoms with E-state index in [0.717, 1.165) is 27.9 Å². The van der Waals surface area contributed by atoms with Crippen molar-refractivity contribution in [3.05, 3.63) is 42.6 Å². The number of aromatic nitrogens is 2. The van der Waals surface area contributed by atoms with Crippen LogP contribution in [0.2, 0.25) is 0 Å². The zero-order chi connectivity index (χ0) is 12.5. The van der Waals surface area contributed by atoms with Gasteiger partial charge in [-0.05, 0) is 36.4 Å². The third-order valence-corrected chi connectivity index (χ3v) is 2.93. The Kier molecular flexibility index (Phi) is 2.41. The van der Waals surface area contributed by atoms with Gasteiger partial charge in [0.25, 0.3) is 0 Å². The van der Waals surface area contributed by atoms with Crippen LogP contribution in [-0.4, -0.2) is 17.1 Å². The van der Waals surface area contributed by atoms with Crippen molar-refractivity contribution in [1.29, 1.82) is 0 Å². The van der Waals surface area contributed by atoms with E-state index in [1.165, 1.54) is 0 Å². The molecule has 0 bridgehead atoms. The molecule has 0 aliphatic rings. The first-order chi connectivity index (χ1) is 8.76. The minimum Gasteiger partial charge on any atom is -0.497 e. The fourth-order valence-electron chi connectivity index (χ4n) is 1.96. The van der Waals surface area contributed by atoms with Gasteiger partial charge in [0, 0.05) is 28.4 Å². The number of H-pyrrole nitrogens is 1. The van der Waals surface area contributed by atoms with Crippen LogP contribution in [0.5, 0.6) is 5.75 Å². The van der Waals surface area contributed by atoms with Crippen LogP contribution in [0.1, 0.15) is 0 Å². The zero-order valence-electron chi connectivity index (χ0n) is 9.97. The van der Waals surface area contributed by atoms with E-state index in [4.69, 9.17) is 10.5 Å². The van der Waals surface area contributed by atoms with Crippen molar-refractivity contribution in [2.45, 2.75) is 0 Å². The first kappa shape index (κ1) is 10.7. The van der Waals surface area contributed by atoms with Crippen molar-refractivity contribution in [1.82, 2.24) is 9.97 Å². The number of hydrogen-bond acceptors (Lipinski definition) is 3. The molecule has 90 valence electrons. The van der Waals surface area contributed by atoms with E-state index >= 15 is 0 Å². The molecule has 1 aromatic carbocycles. The lowest BCUT2D eigenvalue weighted by Gasteiger charge is -1.97. The number of nitrogens with one attached hydrogen (secondary N) is 1. The molecule has 0 saturated heterocycles. The lowest BCUT2D eigenvalue weighted by atomic mass is 10.2. The smallest absolute Gasteiger partial charge is 0.123 e. The summed E-state index contributed by atoms with van der Waals surface area (Å²) in [5.74, 6) is 1.38. The first-order valence-corrected chi connectivity index (χ1v) is 5.65. The summed E-state index contributed by atoms with van der Waals surface area (Å²) in [6.07, 6.45) is 1.76. The second kappa shape index (κ2) is 4.07. The highest BCUT2D eigenvalue weighted by atomic mass is 16.5. The quantitative estimate of drug-likeness (QED) is 0.722. The molecular formula is C14H13N3O. The van der Waals surface area contributed by atoms with Gasteiger partial charge < -0.3 is 15.5 Å². The highest BCUT2D eigenvalue weighted by Gasteiger charge is 2.04. The Labute approximate surface area is 104 Å². The van der Waals surface area contributed by atoms with Gasteiger partial charge in [0.05, 0.1) is 7.11 Å². The highest BCUT2D eigenvalue weighted by molar-refractivity contribution is 5.86. The third kappa shape index (κ3) is 1.78. The third-order valence-electron chi connectivity index (χ3n) is 2.93. The number of nitrogen functional groups attached to an aromatic ring is 1. The molecule has 0 saturated carbocycles. The van der Waals surface area contributed by atoms with Crippen LogP contribution in [0.15, 0.2) is 42.6 Å². The van der Waals surface area contributed by atoms with Crippen LogP contribution in [0.3, 0.4) is 0 Å². The molecule has 0 spiro atoms. The Morgan fingerprint density at radius 2 is 2.06 bits per heavy atom. The monoisotopic (exact) mass is 239 g/mol. The van der Waals surface area contributed by atoms with Crippen molar-refractivity contribution < 1.29 is 4.74 Å². The van der Waals surface area contributed by atoms with Crippen molar-refractivity contribution >= 4 is 16.7 Å². The van der Waals surface area contributed by atoms with Crippen LogP contribution in [0, 0.1) is 0 Å². The van der Waals surface area contributed by atoms with Gasteiger partial charge in [-0.2, -0.15) is 0 Å². The van der Waals surface area contributed by atoms with Crippen LogP contribution < -0.4 is 10.5 Å². The predicted molar refractivity (Wildman–Crippen MR) is 72.5 cm³/mol. The van der Waals surface area contributed by atoms with Gasteiger partial charge in [0.15, 0.2) is 0 Å². The van der Waals surface area contributed by atoms with E-state index in [0.29, 0.717) is 5.82 Å². The molecular weight excluding hydrogens is 226 g/mol. The number of benzene rings is 1. The normalized spacial score (nSPS) is 10.7. The first-order valence-electron chi connectivity index (χ1n) is 5.65. The Balaban J connectivity index is 2.10. The molecule has 0 atom stereocenters. The summed E-state index contributed by atoms with van der Waals surface area (Å²) in [6.45, 7) is 0. The number of hydrogen-bond donors (Lipinski definition) is 2. The standard InChI is InChI=1S/C14H13N3O/c1-18-11-3-4-12-10(6-11)7-13(17-12)9-2-5-14(15)16-8-9/h2-8,17H,1H3,(H2,15,16). The van der Waals surface area contributed by atoms with Crippen molar-refractivity contribution in [2.75, 3.05) is 12.8 Å². The molecule has 18 heavy (non-hydrogen) atoms. The minimum absolute atomic E-state index is 0.525. The lowest BCUT2D eigenvalue weighted by Crippen LogP contribution is -1.88. The Bertz CT molecular complexity index is 686. The summed E-state index contributed by atoms with van der Waals surface area (Å²) >= 11 is 0. The molecule has 3 N–H and O–H groups in total. The maximum Gasteiger partial charge on any atom is 0.123 e. The summed E-state index contributed by atoms with van der Waals surface area (Å²) in [5, 5.41) is 1.11. The number of aromatic amines is 1. The second-order valence-corrected chi connectivity index (χ2v) is 4.11. The van der Waals surface area contributed by atoms with Crippen LogP contribution in [0.4, 0.5) is 5.82 Å². The number of ether oxygens (including phenoxy) is 1. The fraction of sp³-hybridized carbons (Fsp3) is 0.0714. The zero-order valence-corrected chi connectivity index (χ0v) is 9.97. The molecule has 2 heterocycles. The fourth-order valence-corrected chi connectivity index (χ4v) is 1.96. The van der Waals surface area contributed by atoms with Crippen LogP contribution in [0.25, 0.3) is 22.2 Å². The van der Waals surface area contributed by atoms with E-state index in [2.05, 4.69) is 16.0 Å². The highest BCUT2D eigenvalue weighted by Crippen LogP contribution is 2.26. The average molecular weight is 239 g/mol. The van der Waals surface area contributed by atoms with E-state index < -0.39 is 0 Å². The van der Waals surface area contributed by atoms with E-state index in [1.54, 1.807) is 19.4 Å². The molecule has 0 amide bonds. The second-order valence-electron chi connectivity index (χ2n) is 4.11. The van der Waals surface area contributed by atoms with Gasteiger partial charge in [-0.1, -0.05) is 0 Å².